The molecule has 1 aromatic heterocycles. The lowest BCUT2D eigenvalue weighted by Gasteiger charge is -2.32. The minimum atomic E-state index is -3.30. The number of pyridine rings is 1. The molecular weight excluding hydrogens is 327 g/mol. The van der Waals surface area contributed by atoms with Gasteiger partial charge in [-0.15, -0.1) is 0 Å². The molecule has 1 aliphatic rings. The van der Waals surface area contributed by atoms with Crippen LogP contribution in [0, 0.1) is 12.8 Å². The topological polar surface area (TPSA) is 68.7 Å². The maximum atomic E-state index is 12.5. The molecule has 0 N–H and O–H groups in total. The minimum absolute atomic E-state index is 0.0166. The normalized spacial score (nSPS) is 16.4. The Hall–Kier alpha value is -1.23. The van der Waals surface area contributed by atoms with E-state index in [0.29, 0.717) is 0 Å². The van der Waals surface area contributed by atoms with Crippen molar-refractivity contribution >= 4 is 19.2 Å². The lowest BCUT2D eigenvalue weighted by molar-refractivity contribution is -0.121. The highest BCUT2D eigenvalue weighted by Gasteiger charge is 2.33. The molecule has 0 aromatic carbocycles. The Morgan fingerprint density at radius 2 is 1.92 bits per heavy atom. The van der Waals surface area contributed by atoms with E-state index in [9.17, 15) is 9.36 Å². The van der Waals surface area contributed by atoms with Crippen LogP contribution in [-0.2, 0) is 18.4 Å². The summed E-state index contributed by atoms with van der Waals surface area (Å²) in [5.41, 5.74) is 1.17. The van der Waals surface area contributed by atoms with Crippen molar-refractivity contribution in [1.82, 2.24) is 4.98 Å². The number of Topliss-reactive ketones (excluding diaryl/α,β-unsaturated/α-hetero) is 1. The summed E-state index contributed by atoms with van der Waals surface area (Å²) in [5, 5.41) is 0. The van der Waals surface area contributed by atoms with Gasteiger partial charge in [0.2, 0.25) is 0 Å². The molecule has 1 aliphatic heterocycles. The molecule has 0 amide bonds. The maximum Gasteiger partial charge on any atom is 0.338 e. The van der Waals surface area contributed by atoms with Crippen molar-refractivity contribution in [2.75, 3.05) is 37.4 Å². The number of ketones is 1. The van der Waals surface area contributed by atoms with Gasteiger partial charge in [-0.25, -0.2) is 4.98 Å². The fourth-order valence-electron chi connectivity index (χ4n) is 2.97. The molecule has 7 heteroatoms. The third kappa shape index (κ3) is 5.13. The average molecular weight is 354 g/mol. The molecule has 1 saturated heterocycles. The molecule has 0 spiro atoms. The van der Waals surface area contributed by atoms with Gasteiger partial charge in [-0.05, 0) is 51.3 Å². The number of nitrogens with zero attached hydrogens (tertiary/aromatic N) is 2. The maximum absolute atomic E-state index is 12.5. The van der Waals surface area contributed by atoms with Crippen LogP contribution in [-0.4, -0.2) is 43.2 Å². The van der Waals surface area contributed by atoms with Gasteiger partial charge in [0.15, 0.2) is 0 Å². The monoisotopic (exact) mass is 354 g/mol. The summed E-state index contributed by atoms with van der Waals surface area (Å²) in [6, 6.07) is 4.03. The molecule has 2 heterocycles. The Bertz CT molecular complexity index is 590. The first-order chi connectivity index (χ1) is 11.5. The Morgan fingerprint density at radius 3 is 2.46 bits per heavy atom. The predicted octanol–water partition coefficient (Wildman–Crippen LogP) is 3.44. The lowest BCUT2D eigenvalue weighted by Crippen LogP contribution is -2.37. The SMILES string of the molecule is CCOP(=O)(CC(=O)C1CCN(c2cc(C)ccn2)CC1)OCC. The van der Waals surface area contributed by atoms with Gasteiger partial charge in [0.1, 0.15) is 17.8 Å². The number of hydrogen-bond donors (Lipinski definition) is 0. The summed E-state index contributed by atoms with van der Waals surface area (Å²) in [6.07, 6.45) is 3.17. The molecule has 24 heavy (non-hydrogen) atoms. The molecular formula is C17H27N2O4P. The van der Waals surface area contributed by atoms with Crippen LogP contribution in [0.15, 0.2) is 18.3 Å². The Morgan fingerprint density at radius 1 is 1.29 bits per heavy atom. The molecule has 0 aliphatic carbocycles. The highest BCUT2D eigenvalue weighted by Crippen LogP contribution is 2.48. The van der Waals surface area contributed by atoms with Crippen LogP contribution in [0.5, 0.6) is 0 Å². The molecule has 0 atom stereocenters. The van der Waals surface area contributed by atoms with Crippen molar-refractivity contribution in [1.29, 1.82) is 0 Å². The fraction of sp³-hybridized carbons (Fsp3) is 0.647. The molecule has 0 unspecified atom stereocenters. The Kier molecular flexibility index (Phi) is 6.96. The van der Waals surface area contributed by atoms with Crippen molar-refractivity contribution in [2.45, 2.75) is 33.6 Å². The molecule has 0 radical (unpaired) electrons. The Balaban J connectivity index is 1.91. The highest BCUT2D eigenvalue weighted by atomic mass is 31.2. The third-order valence-corrected chi connectivity index (χ3v) is 6.18. The minimum Gasteiger partial charge on any atom is -0.357 e. The second kappa shape index (κ2) is 8.75. The largest absolute Gasteiger partial charge is 0.357 e. The zero-order chi connectivity index (χ0) is 17.6. The summed E-state index contributed by atoms with van der Waals surface area (Å²) in [5.74, 6) is 0.854. The van der Waals surface area contributed by atoms with Crippen LogP contribution in [0.4, 0.5) is 5.82 Å². The van der Waals surface area contributed by atoms with Crippen molar-refractivity contribution in [2.24, 2.45) is 5.92 Å². The third-order valence-electron chi connectivity index (χ3n) is 4.18. The first-order valence-electron chi connectivity index (χ1n) is 8.56. The number of aromatic nitrogens is 1. The smallest absolute Gasteiger partial charge is 0.338 e. The molecule has 6 nitrogen and oxygen atoms in total. The Labute approximate surface area is 144 Å². The van der Waals surface area contributed by atoms with Crippen LogP contribution >= 0.6 is 7.60 Å². The summed E-state index contributed by atoms with van der Waals surface area (Å²) in [6.45, 7) is 7.67. The van der Waals surface area contributed by atoms with Gasteiger partial charge in [0.05, 0.1) is 13.2 Å². The first-order valence-corrected chi connectivity index (χ1v) is 10.3. The molecule has 1 aromatic rings. The number of piperidine rings is 1. The summed E-state index contributed by atoms with van der Waals surface area (Å²) >= 11 is 0. The zero-order valence-electron chi connectivity index (χ0n) is 14.7. The number of aryl methyl sites for hydroxylation is 1. The van der Waals surface area contributed by atoms with E-state index in [0.717, 1.165) is 31.7 Å². The standard InChI is InChI=1S/C17H27N2O4P/c1-4-22-24(21,23-5-2)13-16(20)15-7-10-19(11-8-15)17-12-14(3)6-9-18-17/h6,9,12,15H,4-5,7-8,10-11,13H2,1-3H3. The molecule has 0 saturated carbocycles. The van der Waals surface area contributed by atoms with Gasteiger partial charge < -0.3 is 13.9 Å². The van der Waals surface area contributed by atoms with Crippen molar-refractivity contribution in [3.8, 4) is 0 Å². The van der Waals surface area contributed by atoms with E-state index in [1.807, 2.05) is 19.2 Å². The molecule has 0 bridgehead atoms. The molecule has 2 rings (SSSR count). The number of carbonyl (C=O) groups excluding carboxylic acids is 1. The van der Waals surface area contributed by atoms with Crippen LogP contribution < -0.4 is 4.90 Å². The van der Waals surface area contributed by atoms with Gasteiger partial charge in [-0.2, -0.15) is 0 Å². The van der Waals surface area contributed by atoms with Crippen LogP contribution in [0.25, 0.3) is 0 Å². The van der Waals surface area contributed by atoms with Crippen LogP contribution in [0.3, 0.4) is 0 Å². The van der Waals surface area contributed by atoms with E-state index in [1.54, 1.807) is 13.8 Å². The van der Waals surface area contributed by atoms with E-state index >= 15 is 0 Å². The second-order valence-electron chi connectivity index (χ2n) is 6.02. The van der Waals surface area contributed by atoms with Crippen LogP contribution in [0.2, 0.25) is 0 Å². The van der Waals surface area contributed by atoms with Crippen molar-refractivity contribution < 1.29 is 18.4 Å². The molecule has 134 valence electrons. The van der Waals surface area contributed by atoms with Gasteiger partial charge in [0, 0.05) is 25.2 Å². The average Bonchev–Trinajstić information content (AvgIpc) is 2.55. The summed E-state index contributed by atoms with van der Waals surface area (Å²) < 4.78 is 23.0. The quantitative estimate of drug-likeness (QED) is 0.666. The van der Waals surface area contributed by atoms with Gasteiger partial charge in [0.25, 0.3) is 0 Å². The van der Waals surface area contributed by atoms with Crippen LogP contribution in [0.1, 0.15) is 32.3 Å². The highest BCUT2D eigenvalue weighted by molar-refractivity contribution is 7.54. The number of carbonyl (C=O) groups is 1. The number of hydrogen-bond acceptors (Lipinski definition) is 6. The van der Waals surface area contributed by atoms with Gasteiger partial charge in [-0.1, -0.05) is 0 Å². The van der Waals surface area contributed by atoms with Crippen molar-refractivity contribution in [3.05, 3.63) is 23.9 Å². The second-order valence-corrected chi connectivity index (χ2v) is 8.08. The van der Waals surface area contributed by atoms with Gasteiger partial charge in [-0.3, -0.25) is 9.36 Å². The van der Waals surface area contributed by atoms with Gasteiger partial charge >= 0.3 is 7.60 Å². The number of rotatable bonds is 8. The number of anilines is 1. The summed E-state index contributed by atoms with van der Waals surface area (Å²) in [4.78, 5) is 19.1. The van der Waals surface area contributed by atoms with E-state index in [1.165, 1.54) is 5.56 Å². The van der Waals surface area contributed by atoms with E-state index in [2.05, 4.69) is 16.0 Å². The fourth-order valence-corrected chi connectivity index (χ4v) is 4.65. The van der Waals surface area contributed by atoms with E-state index in [-0.39, 0.29) is 31.1 Å². The zero-order valence-corrected chi connectivity index (χ0v) is 15.6. The molecule has 1 fully saturated rings. The van der Waals surface area contributed by atoms with Crippen molar-refractivity contribution in [3.63, 3.8) is 0 Å². The summed E-state index contributed by atoms with van der Waals surface area (Å²) in [7, 11) is -3.30. The lowest BCUT2D eigenvalue weighted by atomic mass is 9.93. The first kappa shape index (κ1) is 19.1. The van der Waals surface area contributed by atoms with E-state index in [4.69, 9.17) is 9.05 Å². The predicted molar refractivity (Wildman–Crippen MR) is 94.6 cm³/mol. The van der Waals surface area contributed by atoms with E-state index < -0.39 is 7.60 Å².